The molecule has 0 bridgehead atoms. The molecule has 14 aromatic rings. The SMILES string of the molecule is CCCCC(CC)C(=O)Nc1cc(N(c2ccc(-c3ccccc3-c3ccccc3)cc2C)c2ccc(-c3ccccc3-c3ccccc3)cc2C)ccc1C1=C(O)C(c2ccc(N(c3ccc(-c4ccccc4-c4ccccc4)cc3C)c3ccc(-c4ccccc4-c4ccccc4)cc3C)cc2NC(=O)C(CC)CCCC)=C1O. The summed E-state index contributed by atoms with van der Waals surface area (Å²) in [6.07, 6.45) is 6.25. The van der Waals surface area contributed by atoms with Gasteiger partial charge in [0.2, 0.25) is 11.8 Å². The zero-order chi connectivity index (χ0) is 80.3. The van der Waals surface area contributed by atoms with Crippen LogP contribution in [0.4, 0.5) is 45.5 Å². The van der Waals surface area contributed by atoms with Crippen molar-refractivity contribution in [3.05, 3.63) is 372 Å². The van der Waals surface area contributed by atoms with E-state index in [1.54, 1.807) is 0 Å². The first-order chi connectivity index (χ1) is 56.7. The van der Waals surface area contributed by atoms with Gasteiger partial charge in [0.15, 0.2) is 0 Å². The summed E-state index contributed by atoms with van der Waals surface area (Å²) in [5, 5.41) is 33.2. The van der Waals surface area contributed by atoms with Crippen molar-refractivity contribution in [1.29, 1.82) is 0 Å². The van der Waals surface area contributed by atoms with Gasteiger partial charge in [-0.25, -0.2) is 0 Å². The van der Waals surface area contributed by atoms with Crippen molar-refractivity contribution in [3.8, 4) is 89.0 Å². The van der Waals surface area contributed by atoms with Gasteiger partial charge < -0.3 is 30.6 Å². The molecule has 1 aliphatic rings. The topological polar surface area (TPSA) is 105 Å². The zero-order valence-electron chi connectivity index (χ0n) is 67.6. The van der Waals surface area contributed by atoms with Gasteiger partial charge in [0, 0.05) is 57.1 Å². The third-order valence-corrected chi connectivity index (χ3v) is 23.1. The number of hydrogen-bond acceptors (Lipinski definition) is 6. The number of rotatable bonds is 28. The Morgan fingerprint density at radius 2 is 0.526 bits per heavy atom. The zero-order valence-corrected chi connectivity index (χ0v) is 67.6. The van der Waals surface area contributed by atoms with Crippen molar-refractivity contribution in [2.75, 3.05) is 20.4 Å². The number of nitrogens with one attached hydrogen (secondary N) is 2. The van der Waals surface area contributed by atoms with E-state index in [-0.39, 0.29) is 46.3 Å². The average Bonchev–Trinajstić information content (AvgIpc) is 0.725. The molecule has 0 aromatic heterocycles. The number of aryl methyl sites for hydroxylation is 4. The summed E-state index contributed by atoms with van der Waals surface area (Å²) in [7, 11) is 0. The molecule has 2 unspecified atom stereocenters. The molecule has 8 heteroatoms. The summed E-state index contributed by atoms with van der Waals surface area (Å²) in [6.45, 7) is 17.0. The second kappa shape index (κ2) is 35.4. The molecule has 0 saturated carbocycles. The lowest BCUT2D eigenvalue weighted by Crippen LogP contribution is -2.25. The van der Waals surface area contributed by atoms with Crippen LogP contribution in [0.3, 0.4) is 0 Å². The van der Waals surface area contributed by atoms with Crippen LogP contribution >= 0.6 is 0 Å². The number of hydrogen-bond donors (Lipinski definition) is 4. The lowest BCUT2D eigenvalue weighted by atomic mass is 9.82. The number of allylic oxidation sites excluding steroid dienone is 2. The number of nitrogens with zero attached hydrogens (tertiary/aromatic N) is 2. The molecule has 0 fully saturated rings. The van der Waals surface area contributed by atoms with Crippen LogP contribution in [-0.4, -0.2) is 22.0 Å². The first-order valence-corrected chi connectivity index (χ1v) is 41.1. The van der Waals surface area contributed by atoms with E-state index in [9.17, 15) is 10.2 Å². The smallest absolute Gasteiger partial charge is 0.227 e. The number of benzene rings is 14. The maximum atomic E-state index is 15.1. The minimum Gasteiger partial charge on any atom is -0.506 e. The number of anilines is 8. The van der Waals surface area contributed by atoms with Crippen LogP contribution in [-0.2, 0) is 9.59 Å². The largest absolute Gasteiger partial charge is 0.506 e. The fourth-order valence-electron chi connectivity index (χ4n) is 16.8. The van der Waals surface area contributed by atoms with Crippen molar-refractivity contribution < 1.29 is 19.8 Å². The fourth-order valence-corrected chi connectivity index (χ4v) is 16.8. The van der Waals surface area contributed by atoms with Crippen molar-refractivity contribution in [3.63, 3.8) is 0 Å². The van der Waals surface area contributed by atoms with E-state index in [2.05, 4.69) is 343 Å². The van der Waals surface area contributed by atoms with Crippen LogP contribution in [0.1, 0.15) is 112 Å². The highest BCUT2D eigenvalue weighted by Crippen LogP contribution is 2.53. The monoisotopic (exact) mass is 1520 g/mol. The third-order valence-electron chi connectivity index (χ3n) is 23.1. The van der Waals surface area contributed by atoms with Crippen LogP contribution in [0.15, 0.2) is 339 Å². The van der Waals surface area contributed by atoms with E-state index < -0.39 is 0 Å². The van der Waals surface area contributed by atoms with Crippen LogP contribution < -0.4 is 20.4 Å². The maximum absolute atomic E-state index is 15.1. The van der Waals surface area contributed by atoms with Gasteiger partial charge in [-0.1, -0.05) is 296 Å². The molecule has 2 amide bonds. The minimum absolute atomic E-state index is 0.147. The summed E-state index contributed by atoms with van der Waals surface area (Å²) >= 11 is 0. The lowest BCUT2D eigenvalue weighted by molar-refractivity contribution is -0.121. The summed E-state index contributed by atoms with van der Waals surface area (Å²) in [5.41, 5.74) is 29.1. The van der Waals surface area contributed by atoms with Gasteiger partial charge in [-0.2, -0.15) is 0 Å². The Kier molecular flexibility index (Phi) is 23.8. The van der Waals surface area contributed by atoms with E-state index in [1.807, 2.05) is 60.7 Å². The number of aliphatic hydroxyl groups excluding tert-OH is 2. The molecular weight excluding hydrogens is 1420 g/mol. The molecule has 0 radical (unpaired) electrons. The van der Waals surface area contributed by atoms with Crippen molar-refractivity contribution in [2.45, 2.75) is 107 Å². The van der Waals surface area contributed by atoms with Crippen molar-refractivity contribution in [1.82, 2.24) is 0 Å². The van der Waals surface area contributed by atoms with Crippen LogP contribution in [0.2, 0.25) is 0 Å². The van der Waals surface area contributed by atoms with E-state index in [0.29, 0.717) is 48.2 Å². The highest BCUT2D eigenvalue weighted by atomic mass is 16.3. The van der Waals surface area contributed by atoms with Gasteiger partial charge in [0.1, 0.15) is 11.5 Å². The van der Waals surface area contributed by atoms with Crippen molar-refractivity contribution in [2.24, 2.45) is 11.8 Å². The normalized spacial score (nSPS) is 12.4. The lowest BCUT2D eigenvalue weighted by Gasteiger charge is -2.32. The van der Waals surface area contributed by atoms with Gasteiger partial charge in [-0.05, 0) is 250 Å². The number of unbranched alkanes of at least 4 members (excludes halogenated alkanes) is 2. The number of aliphatic hydroxyl groups is 2. The fraction of sp³-hybridized carbons (Fsp3) is 0.167. The standard InChI is InChI=1S/C108H100N4O4/c1-9-13-35-75(11-3)107(115)109-97-69-85(111(99-61-53-81(65-71(99)5)91-49-31-27-45-87(91)77-37-19-15-20-38-77)100-62-54-82(66-72(100)6)92-50-32-28-46-88(92)78-39-21-16-22-40-78)57-59-95(97)103-105(113)104(106(103)114)96-60-58-86(70-98(96)110-108(116)76(12-4)36-14-10-2)112(101-63-55-83(67-73(101)7)93-51-33-29-47-89(93)79-41-23-17-24-42-79)102-64-56-84(68-74(102)8)94-52-34-30-48-90(94)80-43-25-18-26-44-80/h15-34,37-70,75-76,113-114H,9-14,35-36H2,1-8H3,(H,109,115)(H,110,116). The second-order valence-corrected chi connectivity index (χ2v) is 30.7. The first-order valence-electron chi connectivity index (χ1n) is 41.1. The Balaban J connectivity index is 0.873. The van der Waals surface area contributed by atoms with Crippen LogP contribution in [0, 0.1) is 39.5 Å². The highest BCUT2D eigenvalue weighted by Gasteiger charge is 2.37. The van der Waals surface area contributed by atoms with Gasteiger partial charge in [0.05, 0.1) is 22.5 Å². The number of carbonyl (C=O) groups is 2. The van der Waals surface area contributed by atoms with E-state index in [0.717, 1.165) is 171 Å². The van der Waals surface area contributed by atoms with Crippen LogP contribution in [0.5, 0.6) is 0 Å². The molecule has 4 N–H and O–H groups in total. The molecule has 0 saturated heterocycles. The highest BCUT2D eigenvalue weighted by molar-refractivity contribution is 6.13. The maximum Gasteiger partial charge on any atom is 0.227 e. The predicted octanol–water partition coefficient (Wildman–Crippen LogP) is 29.8. The molecule has 2 atom stereocenters. The molecule has 8 nitrogen and oxygen atoms in total. The van der Waals surface area contributed by atoms with Crippen LogP contribution in [0.25, 0.3) is 100 Å². The molecule has 576 valence electrons. The van der Waals surface area contributed by atoms with E-state index in [4.69, 9.17) is 0 Å². The van der Waals surface area contributed by atoms with Gasteiger partial charge in [-0.3, -0.25) is 9.59 Å². The van der Waals surface area contributed by atoms with Gasteiger partial charge in [-0.15, -0.1) is 0 Å². The number of carbonyl (C=O) groups excluding carboxylic acids is 2. The van der Waals surface area contributed by atoms with E-state index in [1.165, 1.54) is 0 Å². The quantitative estimate of drug-likeness (QED) is 0.0389. The summed E-state index contributed by atoms with van der Waals surface area (Å²) < 4.78 is 0. The average molecular weight is 1520 g/mol. The molecule has 0 spiro atoms. The van der Waals surface area contributed by atoms with Gasteiger partial charge >= 0.3 is 0 Å². The molecule has 0 aliphatic heterocycles. The summed E-state index contributed by atoms with van der Waals surface area (Å²) in [4.78, 5) is 34.8. The molecule has 116 heavy (non-hydrogen) atoms. The van der Waals surface area contributed by atoms with Gasteiger partial charge in [0.25, 0.3) is 0 Å². The third kappa shape index (κ3) is 16.2. The second-order valence-electron chi connectivity index (χ2n) is 30.7. The molecule has 0 heterocycles. The molecule has 14 aromatic carbocycles. The number of amides is 2. The van der Waals surface area contributed by atoms with E-state index >= 15 is 9.59 Å². The Morgan fingerprint density at radius 1 is 0.284 bits per heavy atom. The Labute approximate surface area is 684 Å². The first kappa shape index (κ1) is 78.0. The summed E-state index contributed by atoms with van der Waals surface area (Å²) in [6, 6.07) is 115. The Bertz CT molecular complexity index is 5340. The Morgan fingerprint density at radius 3 is 0.759 bits per heavy atom. The summed E-state index contributed by atoms with van der Waals surface area (Å²) in [5.74, 6) is -1.25. The molecular formula is C108H100N4O4. The molecule has 1 aliphatic carbocycles. The molecule has 15 rings (SSSR count). The Hall–Kier alpha value is -13.3. The predicted molar refractivity (Wildman–Crippen MR) is 488 cm³/mol. The van der Waals surface area contributed by atoms with Crippen molar-refractivity contribution >= 4 is 68.5 Å². The minimum atomic E-state index is -0.307.